The van der Waals surface area contributed by atoms with E-state index in [1.165, 1.54) is 4.31 Å². The largest absolute Gasteiger partial charge is 0.340 e. The standard InChI is InChI=1S/C25H23ClN4O3S/c26-19-13-12-18(16-22(19)30-14-6-7-15-34(30,32)33)25(31)29-23(17-8-2-1-3-9-17)24-27-20-10-4-5-11-21(20)28-24/h1-5,8-13,16,23H,6-7,14-15H2,(H,27,28)(H,29,31). The maximum absolute atomic E-state index is 13.4. The second-order valence-corrected chi connectivity index (χ2v) is 10.6. The van der Waals surface area contributed by atoms with Crippen LogP contribution < -0.4 is 9.62 Å². The molecule has 1 unspecified atom stereocenters. The maximum Gasteiger partial charge on any atom is 0.252 e. The maximum atomic E-state index is 13.4. The molecule has 3 aromatic carbocycles. The molecule has 1 saturated heterocycles. The monoisotopic (exact) mass is 494 g/mol. The number of nitrogens with zero attached hydrogens (tertiary/aromatic N) is 2. The highest BCUT2D eigenvalue weighted by molar-refractivity contribution is 7.92. The molecule has 1 atom stereocenters. The smallest absolute Gasteiger partial charge is 0.252 e. The van der Waals surface area contributed by atoms with Crippen LogP contribution in [0.15, 0.2) is 72.8 Å². The molecular weight excluding hydrogens is 472 g/mol. The number of carbonyl (C=O) groups excluding carboxylic acids is 1. The van der Waals surface area contributed by atoms with Gasteiger partial charge < -0.3 is 10.3 Å². The predicted molar refractivity (Wildman–Crippen MR) is 134 cm³/mol. The van der Waals surface area contributed by atoms with Crippen LogP contribution in [-0.4, -0.2) is 36.6 Å². The Labute approximate surface area is 202 Å². The summed E-state index contributed by atoms with van der Waals surface area (Å²) in [5.41, 5.74) is 3.18. The molecule has 5 rings (SSSR count). The zero-order valence-corrected chi connectivity index (χ0v) is 19.8. The van der Waals surface area contributed by atoms with Crippen LogP contribution in [0.4, 0.5) is 5.69 Å². The number of fused-ring (bicyclic) bond motifs is 1. The summed E-state index contributed by atoms with van der Waals surface area (Å²) >= 11 is 6.35. The van der Waals surface area contributed by atoms with Crippen molar-refractivity contribution in [1.82, 2.24) is 15.3 Å². The molecule has 1 aromatic heterocycles. The summed E-state index contributed by atoms with van der Waals surface area (Å²) in [6.45, 7) is 0.346. The lowest BCUT2D eigenvalue weighted by atomic mass is 10.1. The van der Waals surface area contributed by atoms with Crippen LogP contribution in [0.1, 0.15) is 40.6 Å². The summed E-state index contributed by atoms with van der Waals surface area (Å²) in [7, 11) is -3.46. The van der Waals surface area contributed by atoms with Crippen molar-refractivity contribution in [1.29, 1.82) is 0 Å². The first-order valence-electron chi connectivity index (χ1n) is 11.0. The number of benzene rings is 3. The second-order valence-electron chi connectivity index (χ2n) is 8.22. The Morgan fingerprint density at radius 3 is 2.56 bits per heavy atom. The summed E-state index contributed by atoms with van der Waals surface area (Å²) < 4.78 is 26.5. The van der Waals surface area contributed by atoms with E-state index in [-0.39, 0.29) is 11.7 Å². The molecule has 2 N–H and O–H groups in total. The number of aromatic amines is 1. The van der Waals surface area contributed by atoms with E-state index >= 15 is 0 Å². The Hall–Kier alpha value is -3.36. The Morgan fingerprint density at radius 1 is 1.03 bits per heavy atom. The molecule has 1 fully saturated rings. The van der Waals surface area contributed by atoms with Crippen molar-refractivity contribution in [3.63, 3.8) is 0 Å². The number of carbonyl (C=O) groups is 1. The lowest BCUT2D eigenvalue weighted by molar-refractivity contribution is 0.0941. The van der Waals surface area contributed by atoms with Crippen molar-refractivity contribution < 1.29 is 13.2 Å². The average Bonchev–Trinajstić information content (AvgIpc) is 3.27. The molecule has 0 spiro atoms. The van der Waals surface area contributed by atoms with Gasteiger partial charge in [-0.15, -0.1) is 0 Å². The molecule has 4 aromatic rings. The summed E-state index contributed by atoms with van der Waals surface area (Å²) in [4.78, 5) is 21.3. The van der Waals surface area contributed by atoms with Gasteiger partial charge >= 0.3 is 0 Å². The minimum Gasteiger partial charge on any atom is -0.340 e. The Kier molecular flexibility index (Phi) is 6.02. The van der Waals surface area contributed by atoms with Gasteiger partial charge in [0.15, 0.2) is 0 Å². The molecule has 0 aliphatic carbocycles. The summed E-state index contributed by atoms with van der Waals surface area (Å²) in [6, 6.07) is 21.4. The van der Waals surface area contributed by atoms with Gasteiger partial charge in [0.05, 0.1) is 27.5 Å². The number of amides is 1. The third-order valence-corrected chi connectivity index (χ3v) is 8.09. The highest BCUT2D eigenvalue weighted by atomic mass is 35.5. The fourth-order valence-electron chi connectivity index (χ4n) is 4.18. The van der Waals surface area contributed by atoms with E-state index in [0.29, 0.717) is 35.1 Å². The molecule has 0 radical (unpaired) electrons. The number of rotatable bonds is 5. The first kappa shape index (κ1) is 22.4. The zero-order chi connectivity index (χ0) is 23.7. The summed E-state index contributed by atoms with van der Waals surface area (Å²) in [6.07, 6.45) is 1.36. The molecule has 2 heterocycles. The van der Waals surface area contributed by atoms with Gasteiger partial charge in [0, 0.05) is 12.1 Å². The summed E-state index contributed by atoms with van der Waals surface area (Å²) in [5.74, 6) is 0.317. The van der Waals surface area contributed by atoms with Gasteiger partial charge in [-0.25, -0.2) is 13.4 Å². The van der Waals surface area contributed by atoms with Crippen LogP contribution in [0.2, 0.25) is 5.02 Å². The van der Waals surface area contributed by atoms with Crippen molar-refractivity contribution in [3.8, 4) is 0 Å². The fraction of sp³-hybridized carbons (Fsp3) is 0.200. The van der Waals surface area contributed by atoms with Crippen LogP contribution in [0.25, 0.3) is 11.0 Å². The molecule has 9 heteroatoms. The Morgan fingerprint density at radius 2 is 1.79 bits per heavy atom. The molecule has 0 bridgehead atoms. The first-order chi connectivity index (χ1) is 16.4. The van der Waals surface area contributed by atoms with Gasteiger partial charge in [-0.3, -0.25) is 9.10 Å². The molecular formula is C25H23ClN4O3S. The van der Waals surface area contributed by atoms with Crippen LogP contribution in [-0.2, 0) is 10.0 Å². The molecule has 0 saturated carbocycles. The van der Waals surface area contributed by atoms with Gasteiger partial charge in [0.1, 0.15) is 11.9 Å². The van der Waals surface area contributed by atoms with E-state index in [0.717, 1.165) is 23.0 Å². The zero-order valence-electron chi connectivity index (χ0n) is 18.2. The van der Waals surface area contributed by atoms with Crippen molar-refractivity contribution >= 4 is 44.3 Å². The van der Waals surface area contributed by atoms with E-state index in [1.54, 1.807) is 18.2 Å². The number of para-hydroxylation sites is 2. The fourth-order valence-corrected chi connectivity index (χ4v) is 6.10. The molecule has 34 heavy (non-hydrogen) atoms. The number of aromatic nitrogens is 2. The van der Waals surface area contributed by atoms with E-state index in [2.05, 4.69) is 15.3 Å². The quantitative estimate of drug-likeness (QED) is 0.421. The Balaban J connectivity index is 1.49. The highest BCUT2D eigenvalue weighted by Gasteiger charge is 2.29. The third-order valence-electron chi connectivity index (χ3n) is 5.92. The number of imidazole rings is 1. The van der Waals surface area contributed by atoms with E-state index in [4.69, 9.17) is 11.6 Å². The van der Waals surface area contributed by atoms with Crippen molar-refractivity contribution in [2.75, 3.05) is 16.6 Å². The Bertz CT molecular complexity index is 1420. The normalized spacial score (nSPS) is 16.3. The van der Waals surface area contributed by atoms with Gasteiger partial charge in [0.25, 0.3) is 5.91 Å². The lowest BCUT2D eigenvalue weighted by Crippen LogP contribution is -2.38. The molecule has 174 valence electrons. The van der Waals surface area contributed by atoms with E-state index < -0.39 is 16.1 Å². The summed E-state index contributed by atoms with van der Waals surface area (Å²) in [5, 5.41) is 3.34. The van der Waals surface area contributed by atoms with Gasteiger partial charge in [-0.1, -0.05) is 54.1 Å². The van der Waals surface area contributed by atoms with Gasteiger partial charge in [-0.2, -0.15) is 0 Å². The minimum atomic E-state index is -3.46. The number of hydrogen-bond donors (Lipinski definition) is 2. The van der Waals surface area contributed by atoms with Crippen LogP contribution in [0.3, 0.4) is 0 Å². The molecule has 1 amide bonds. The molecule has 1 aliphatic rings. The molecule has 7 nitrogen and oxygen atoms in total. The number of sulfonamides is 1. The second kappa shape index (κ2) is 9.12. The lowest BCUT2D eigenvalue weighted by Gasteiger charge is -2.29. The minimum absolute atomic E-state index is 0.0713. The number of hydrogen-bond acceptors (Lipinski definition) is 4. The van der Waals surface area contributed by atoms with Crippen molar-refractivity contribution in [2.45, 2.75) is 18.9 Å². The topological polar surface area (TPSA) is 95.2 Å². The average molecular weight is 495 g/mol. The number of nitrogens with one attached hydrogen (secondary N) is 2. The molecule has 1 aliphatic heterocycles. The number of H-pyrrole nitrogens is 1. The SMILES string of the molecule is O=C(NC(c1ccccc1)c1nc2ccccc2[nH]1)c1ccc(Cl)c(N2CCCCS2(=O)=O)c1. The van der Waals surface area contributed by atoms with Gasteiger partial charge in [0.2, 0.25) is 10.0 Å². The van der Waals surface area contributed by atoms with E-state index in [1.807, 2.05) is 54.6 Å². The number of halogens is 1. The van der Waals surface area contributed by atoms with Crippen molar-refractivity contribution in [3.05, 3.63) is 94.8 Å². The van der Waals surface area contributed by atoms with Crippen LogP contribution >= 0.6 is 11.6 Å². The highest BCUT2D eigenvalue weighted by Crippen LogP contribution is 2.32. The van der Waals surface area contributed by atoms with Gasteiger partial charge in [-0.05, 0) is 48.7 Å². The van der Waals surface area contributed by atoms with Crippen LogP contribution in [0, 0.1) is 0 Å². The first-order valence-corrected chi connectivity index (χ1v) is 13.0. The number of anilines is 1. The van der Waals surface area contributed by atoms with Crippen LogP contribution in [0.5, 0.6) is 0 Å². The third kappa shape index (κ3) is 4.38. The van der Waals surface area contributed by atoms with Crippen molar-refractivity contribution in [2.24, 2.45) is 0 Å². The predicted octanol–water partition coefficient (Wildman–Crippen LogP) is 4.67. The van der Waals surface area contributed by atoms with E-state index in [9.17, 15) is 13.2 Å².